The van der Waals surface area contributed by atoms with Crippen molar-refractivity contribution in [3.8, 4) is 11.5 Å². The van der Waals surface area contributed by atoms with Crippen molar-refractivity contribution in [3.63, 3.8) is 0 Å². The summed E-state index contributed by atoms with van der Waals surface area (Å²) >= 11 is 0. The van der Waals surface area contributed by atoms with Crippen molar-refractivity contribution in [1.82, 2.24) is 0 Å². The standard InChI is InChI=1S/C16H24O2/c1-17-15-11-7-10-14(16(15)18-2)12-13-8-5-3-4-6-9-13/h7,10-11,13H,3-6,8-9,12H2,1-2H3. The summed E-state index contributed by atoms with van der Waals surface area (Å²) in [7, 11) is 3.43. The Morgan fingerprint density at radius 1 is 1.00 bits per heavy atom. The van der Waals surface area contributed by atoms with E-state index in [1.807, 2.05) is 6.07 Å². The Morgan fingerprint density at radius 2 is 1.72 bits per heavy atom. The van der Waals surface area contributed by atoms with Crippen LogP contribution in [0.15, 0.2) is 18.2 Å². The number of hydrogen-bond acceptors (Lipinski definition) is 2. The molecule has 1 aliphatic carbocycles. The minimum atomic E-state index is 0.813. The number of ether oxygens (including phenoxy) is 2. The maximum Gasteiger partial charge on any atom is 0.163 e. The van der Waals surface area contributed by atoms with Crippen molar-refractivity contribution in [3.05, 3.63) is 23.8 Å². The van der Waals surface area contributed by atoms with E-state index in [-0.39, 0.29) is 0 Å². The van der Waals surface area contributed by atoms with Gasteiger partial charge in [-0.05, 0) is 24.0 Å². The molecule has 0 heterocycles. The van der Waals surface area contributed by atoms with Crippen molar-refractivity contribution in [2.75, 3.05) is 14.2 Å². The number of rotatable bonds is 4. The van der Waals surface area contributed by atoms with Crippen LogP contribution in [0.25, 0.3) is 0 Å². The second-order valence-corrected chi connectivity index (χ2v) is 5.21. The van der Waals surface area contributed by atoms with E-state index in [2.05, 4.69) is 12.1 Å². The van der Waals surface area contributed by atoms with E-state index in [0.717, 1.165) is 23.8 Å². The quantitative estimate of drug-likeness (QED) is 0.743. The highest BCUT2D eigenvalue weighted by Crippen LogP contribution is 2.34. The molecule has 2 rings (SSSR count). The minimum Gasteiger partial charge on any atom is -0.493 e. The predicted molar refractivity (Wildman–Crippen MR) is 74.4 cm³/mol. The van der Waals surface area contributed by atoms with Crippen LogP contribution in [0.5, 0.6) is 11.5 Å². The fourth-order valence-electron chi connectivity index (χ4n) is 2.99. The predicted octanol–water partition coefficient (Wildman–Crippen LogP) is 4.22. The van der Waals surface area contributed by atoms with E-state index in [4.69, 9.17) is 9.47 Å². The molecule has 0 radical (unpaired) electrons. The summed E-state index contributed by atoms with van der Waals surface area (Å²) in [5.41, 5.74) is 1.30. The van der Waals surface area contributed by atoms with Crippen LogP contribution in [-0.4, -0.2) is 14.2 Å². The van der Waals surface area contributed by atoms with E-state index < -0.39 is 0 Å². The Morgan fingerprint density at radius 3 is 2.33 bits per heavy atom. The Labute approximate surface area is 110 Å². The molecule has 1 aromatic rings. The maximum absolute atomic E-state index is 5.52. The van der Waals surface area contributed by atoms with Crippen LogP contribution in [0.3, 0.4) is 0 Å². The highest BCUT2D eigenvalue weighted by Gasteiger charge is 2.16. The van der Waals surface area contributed by atoms with Gasteiger partial charge in [0.05, 0.1) is 14.2 Å². The molecule has 18 heavy (non-hydrogen) atoms. The fourth-order valence-corrected chi connectivity index (χ4v) is 2.99. The molecule has 1 fully saturated rings. The molecule has 0 amide bonds. The lowest BCUT2D eigenvalue weighted by Crippen LogP contribution is -2.05. The molecule has 0 aromatic heterocycles. The molecule has 1 aromatic carbocycles. The van der Waals surface area contributed by atoms with Gasteiger partial charge in [-0.2, -0.15) is 0 Å². The van der Waals surface area contributed by atoms with Crippen molar-refractivity contribution >= 4 is 0 Å². The third-order valence-corrected chi connectivity index (χ3v) is 3.97. The Balaban J connectivity index is 2.12. The molecule has 0 N–H and O–H groups in total. The Hall–Kier alpha value is -1.18. The van der Waals surface area contributed by atoms with Crippen LogP contribution in [0.1, 0.15) is 44.1 Å². The van der Waals surface area contributed by atoms with E-state index in [0.29, 0.717) is 0 Å². The van der Waals surface area contributed by atoms with Crippen LogP contribution in [0, 0.1) is 5.92 Å². The van der Waals surface area contributed by atoms with Gasteiger partial charge in [-0.25, -0.2) is 0 Å². The second-order valence-electron chi connectivity index (χ2n) is 5.21. The third kappa shape index (κ3) is 3.18. The zero-order valence-corrected chi connectivity index (χ0v) is 11.6. The van der Waals surface area contributed by atoms with Gasteiger partial charge in [-0.15, -0.1) is 0 Å². The topological polar surface area (TPSA) is 18.5 Å². The highest BCUT2D eigenvalue weighted by molar-refractivity contribution is 5.46. The molecule has 0 bridgehead atoms. The summed E-state index contributed by atoms with van der Waals surface area (Å²) in [5.74, 6) is 2.58. The summed E-state index contributed by atoms with van der Waals surface area (Å²) in [5, 5.41) is 0. The van der Waals surface area contributed by atoms with E-state index in [1.165, 1.54) is 44.1 Å². The number of hydrogen-bond donors (Lipinski definition) is 0. The van der Waals surface area contributed by atoms with Gasteiger partial charge in [0, 0.05) is 0 Å². The Bertz CT molecular complexity index is 365. The largest absolute Gasteiger partial charge is 0.493 e. The van der Waals surface area contributed by atoms with Gasteiger partial charge in [0.25, 0.3) is 0 Å². The van der Waals surface area contributed by atoms with Gasteiger partial charge in [0.15, 0.2) is 11.5 Å². The summed E-state index contributed by atoms with van der Waals surface area (Å²) in [6.45, 7) is 0. The lowest BCUT2D eigenvalue weighted by Gasteiger charge is -2.17. The van der Waals surface area contributed by atoms with Gasteiger partial charge in [-0.1, -0.05) is 50.7 Å². The SMILES string of the molecule is COc1cccc(CC2CCCCCC2)c1OC. The average Bonchev–Trinajstić information content (AvgIpc) is 2.67. The van der Waals surface area contributed by atoms with Crippen LogP contribution in [0.4, 0.5) is 0 Å². The lowest BCUT2D eigenvalue weighted by molar-refractivity contribution is 0.347. The molecule has 2 nitrogen and oxygen atoms in total. The van der Waals surface area contributed by atoms with Gasteiger partial charge >= 0.3 is 0 Å². The average molecular weight is 248 g/mol. The fraction of sp³-hybridized carbons (Fsp3) is 0.625. The molecule has 100 valence electrons. The first-order valence-electron chi connectivity index (χ1n) is 7.05. The van der Waals surface area contributed by atoms with Gasteiger partial charge in [0.1, 0.15) is 0 Å². The summed E-state index contributed by atoms with van der Waals surface area (Å²) in [6, 6.07) is 6.20. The van der Waals surface area contributed by atoms with Crippen molar-refractivity contribution in [2.45, 2.75) is 44.9 Å². The van der Waals surface area contributed by atoms with Crippen LogP contribution < -0.4 is 9.47 Å². The molecule has 0 unspecified atom stereocenters. The van der Waals surface area contributed by atoms with Gasteiger partial charge in [-0.3, -0.25) is 0 Å². The highest BCUT2D eigenvalue weighted by atomic mass is 16.5. The first-order valence-corrected chi connectivity index (χ1v) is 7.05. The van der Waals surface area contributed by atoms with E-state index >= 15 is 0 Å². The number of methoxy groups -OCH3 is 2. The molecule has 2 heteroatoms. The summed E-state index contributed by atoms with van der Waals surface area (Å²) in [6.07, 6.45) is 9.44. The van der Waals surface area contributed by atoms with Crippen molar-refractivity contribution < 1.29 is 9.47 Å². The maximum atomic E-state index is 5.52. The molecular formula is C16H24O2. The van der Waals surface area contributed by atoms with Crippen molar-refractivity contribution in [2.24, 2.45) is 5.92 Å². The first kappa shape index (κ1) is 13.3. The zero-order chi connectivity index (χ0) is 12.8. The molecule has 0 spiro atoms. The molecule has 1 aliphatic rings. The smallest absolute Gasteiger partial charge is 0.163 e. The third-order valence-electron chi connectivity index (χ3n) is 3.97. The van der Waals surface area contributed by atoms with Crippen molar-refractivity contribution in [1.29, 1.82) is 0 Å². The van der Waals surface area contributed by atoms with Gasteiger partial charge < -0.3 is 9.47 Å². The molecule has 0 atom stereocenters. The normalized spacial score (nSPS) is 17.2. The van der Waals surface area contributed by atoms with Gasteiger partial charge in [0.2, 0.25) is 0 Å². The monoisotopic (exact) mass is 248 g/mol. The second kappa shape index (κ2) is 6.67. The minimum absolute atomic E-state index is 0.813. The molecule has 0 saturated heterocycles. The Kier molecular flexibility index (Phi) is 4.91. The molecule has 0 aliphatic heterocycles. The molecular weight excluding hydrogens is 224 g/mol. The van der Waals surface area contributed by atoms with Crippen LogP contribution >= 0.6 is 0 Å². The van der Waals surface area contributed by atoms with Crippen LogP contribution in [-0.2, 0) is 6.42 Å². The summed E-state index contributed by atoms with van der Waals surface area (Å²) < 4.78 is 10.9. The summed E-state index contributed by atoms with van der Waals surface area (Å²) in [4.78, 5) is 0. The molecule has 1 saturated carbocycles. The number of benzene rings is 1. The zero-order valence-electron chi connectivity index (χ0n) is 11.6. The van der Waals surface area contributed by atoms with E-state index in [9.17, 15) is 0 Å². The number of para-hydroxylation sites is 1. The van der Waals surface area contributed by atoms with Crippen LogP contribution in [0.2, 0.25) is 0 Å². The first-order chi connectivity index (χ1) is 8.85. The van der Waals surface area contributed by atoms with E-state index in [1.54, 1.807) is 14.2 Å². The lowest BCUT2D eigenvalue weighted by atomic mass is 9.92.